The molecule has 0 atom stereocenters. The van der Waals surface area contributed by atoms with Gasteiger partial charge in [-0.2, -0.15) is 13.2 Å². The van der Waals surface area contributed by atoms with Crippen LogP contribution in [0.5, 0.6) is 5.75 Å². The SMILES string of the molecule is CN=C(NCc1cccc(C(N)=O)c1)NCc1ccc(OC(C)(C)C)cc1C(F)(F)F. The van der Waals surface area contributed by atoms with Crippen LogP contribution in [0.2, 0.25) is 0 Å². The van der Waals surface area contributed by atoms with Crippen LogP contribution in [0.1, 0.15) is 47.8 Å². The van der Waals surface area contributed by atoms with Gasteiger partial charge in [-0.3, -0.25) is 9.79 Å². The molecule has 0 aromatic heterocycles. The van der Waals surface area contributed by atoms with Gasteiger partial charge in [0.15, 0.2) is 5.96 Å². The predicted octanol–water partition coefficient (Wildman–Crippen LogP) is 3.85. The topological polar surface area (TPSA) is 88.7 Å². The van der Waals surface area contributed by atoms with Crippen molar-refractivity contribution in [2.24, 2.45) is 10.7 Å². The number of nitrogens with zero attached hydrogens (tertiary/aromatic N) is 1. The number of carbonyl (C=O) groups excluding carboxylic acids is 1. The molecule has 0 fully saturated rings. The van der Waals surface area contributed by atoms with E-state index >= 15 is 0 Å². The maximum atomic E-state index is 13.6. The van der Waals surface area contributed by atoms with Crippen molar-refractivity contribution in [2.75, 3.05) is 7.05 Å². The van der Waals surface area contributed by atoms with E-state index in [9.17, 15) is 18.0 Å². The van der Waals surface area contributed by atoms with Crippen molar-refractivity contribution < 1.29 is 22.7 Å². The van der Waals surface area contributed by atoms with Gasteiger partial charge in [0, 0.05) is 25.7 Å². The fourth-order valence-corrected chi connectivity index (χ4v) is 2.81. The highest BCUT2D eigenvalue weighted by atomic mass is 19.4. The second kappa shape index (κ2) is 9.72. The molecule has 0 saturated carbocycles. The van der Waals surface area contributed by atoms with Crippen LogP contribution in [-0.2, 0) is 19.3 Å². The summed E-state index contributed by atoms with van der Waals surface area (Å²) in [7, 11) is 1.51. The molecule has 9 heteroatoms. The molecular weight excluding hydrogens is 409 g/mol. The summed E-state index contributed by atoms with van der Waals surface area (Å²) in [6.07, 6.45) is -4.53. The first-order valence-corrected chi connectivity index (χ1v) is 9.61. The first-order chi connectivity index (χ1) is 14.4. The zero-order chi connectivity index (χ0) is 23.2. The van der Waals surface area contributed by atoms with Crippen LogP contribution in [0.25, 0.3) is 0 Å². The van der Waals surface area contributed by atoms with Gasteiger partial charge < -0.3 is 21.1 Å². The van der Waals surface area contributed by atoms with Gasteiger partial charge in [0.1, 0.15) is 11.4 Å². The summed E-state index contributed by atoms with van der Waals surface area (Å²) in [5.74, 6) is -0.0732. The Morgan fingerprint density at radius 2 is 1.74 bits per heavy atom. The van der Waals surface area contributed by atoms with Gasteiger partial charge >= 0.3 is 6.18 Å². The monoisotopic (exact) mass is 436 g/mol. The van der Waals surface area contributed by atoms with Gasteiger partial charge in [0.05, 0.1) is 5.56 Å². The minimum atomic E-state index is -4.53. The molecule has 0 aliphatic rings. The van der Waals surface area contributed by atoms with Gasteiger partial charge in [-0.1, -0.05) is 18.2 Å². The largest absolute Gasteiger partial charge is 0.488 e. The molecule has 0 unspecified atom stereocenters. The van der Waals surface area contributed by atoms with Crippen LogP contribution in [0.4, 0.5) is 13.2 Å². The van der Waals surface area contributed by atoms with Gasteiger partial charge in [0.25, 0.3) is 0 Å². The molecular formula is C22H27F3N4O2. The van der Waals surface area contributed by atoms with E-state index in [2.05, 4.69) is 15.6 Å². The first kappa shape index (κ1) is 24.0. The number of alkyl halides is 3. The Morgan fingerprint density at radius 1 is 1.06 bits per heavy atom. The minimum Gasteiger partial charge on any atom is -0.488 e. The Kier molecular flexibility index (Phi) is 7.54. The van der Waals surface area contributed by atoms with E-state index in [-0.39, 0.29) is 17.9 Å². The summed E-state index contributed by atoms with van der Waals surface area (Å²) in [6.45, 7) is 5.52. The molecule has 0 aliphatic carbocycles. The molecule has 2 aromatic carbocycles. The maximum absolute atomic E-state index is 13.6. The smallest absolute Gasteiger partial charge is 0.416 e. The quantitative estimate of drug-likeness (QED) is 0.474. The molecule has 0 heterocycles. The lowest BCUT2D eigenvalue weighted by molar-refractivity contribution is -0.138. The maximum Gasteiger partial charge on any atom is 0.416 e. The molecule has 0 radical (unpaired) electrons. The fraction of sp³-hybridized carbons (Fsp3) is 0.364. The Balaban J connectivity index is 2.09. The number of benzene rings is 2. The number of nitrogens with one attached hydrogen (secondary N) is 2. The molecule has 0 saturated heterocycles. The van der Waals surface area contributed by atoms with E-state index < -0.39 is 23.2 Å². The standard InChI is InChI=1S/C22H27F3N4O2/c1-21(2,3)31-17-9-8-16(18(11-17)22(23,24)25)13-29-20(27-4)28-12-14-6-5-7-15(10-14)19(26)30/h5-11H,12-13H2,1-4H3,(H2,26,30)(H2,27,28,29). The molecule has 0 aliphatic heterocycles. The van der Waals surface area contributed by atoms with Crippen LogP contribution in [0.15, 0.2) is 47.5 Å². The first-order valence-electron chi connectivity index (χ1n) is 9.61. The molecule has 6 nitrogen and oxygen atoms in total. The average Bonchev–Trinajstić information content (AvgIpc) is 2.67. The summed E-state index contributed by atoms with van der Waals surface area (Å²) in [5.41, 5.74) is 5.10. The van der Waals surface area contributed by atoms with E-state index in [0.29, 0.717) is 18.1 Å². The van der Waals surface area contributed by atoms with Crippen LogP contribution >= 0.6 is 0 Å². The third-order valence-corrected chi connectivity index (χ3v) is 4.15. The van der Waals surface area contributed by atoms with Crippen LogP contribution < -0.4 is 21.1 Å². The fourth-order valence-electron chi connectivity index (χ4n) is 2.81. The van der Waals surface area contributed by atoms with E-state index in [4.69, 9.17) is 10.5 Å². The number of amides is 1. The number of hydrogen-bond acceptors (Lipinski definition) is 3. The van der Waals surface area contributed by atoms with Gasteiger partial charge in [-0.25, -0.2) is 0 Å². The van der Waals surface area contributed by atoms with Crippen molar-refractivity contribution in [1.29, 1.82) is 0 Å². The number of rotatable bonds is 6. The lowest BCUT2D eigenvalue weighted by Crippen LogP contribution is -2.36. The normalized spacial score (nSPS) is 12.4. The number of guanidine groups is 1. The van der Waals surface area contributed by atoms with Crippen LogP contribution in [0.3, 0.4) is 0 Å². The molecule has 168 valence electrons. The van der Waals surface area contributed by atoms with Crippen molar-refractivity contribution in [1.82, 2.24) is 10.6 Å². The van der Waals surface area contributed by atoms with E-state index in [1.54, 1.807) is 45.0 Å². The molecule has 2 rings (SSSR count). The van der Waals surface area contributed by atoms with Gasteiger partial charge in [0.2, 0.25) is 5.91 Å². The molecule has 31 heavy (non-hydrogen) atoms. The zero-order valence-corrected chi connectivity index (χ0v) is 17.9. The third-order valence-electron chi connectivity index (χ3n) is 4.15. The number of ether oxygens (including phenoxy) is 1. The van der Waals surface area contributed by atoms with Crippen molar-refractivity contribution in [3.63, 3.8) is 0 Å². The highest BCUT2D eigenvalue weighted by Gasteiger charge is 2.34. The number of primary amides is 1. The van der Waals surface area contributed by atoms with Crippen molar-refractivity contribution in [3.8, 4) is 5.75 Å². The third kappa shape index (κ3) is 7.51. The second-order valence-corrected chi connectivity index (χ2v) is 7.88. The Morgan fingerprint density at radius 3 is 2.32 bits per heavy atom. The molecule has 0 bridgehead atoms. The Hall–Kier alpha value is -3.23. The second-order valence-electron chi connectivity index (χ2n) is 7.88. The van der Waals surface area contributed by atoms with E-state index in [0.717, 1.165) is 11.6 Å². The predicted molar refractivity (Wildman–Crippen MR) is 114 cm³/mol. The lowest BCUT2D eigenvalue weighted by Gasteiger charge is -2.23. The summed E-state index contributed by atoms with van der Waals surface area (Å²) >= 11 is 0. The Labute approximate surface area is 179 Å². The zero-order valence-electron chi connectivity index (χ0n) is 17.9. The average molecular weight is 436 g/mol. The number of aliphatic imine (C=N–C) groups is 1. The highest BCUT2D eigenvalue weighted by molar-refractivity contribution is 5.92. The molecule has 4 N–H and O–H groups in total. The number of nitrogens with two attached hydrogens (primary N) is 1. The van der Waals surface area contributed by atoms with Gasteiger partial charge in [-0.05, 0) is 56.2 Å². The number of hydrogen-bond donors (Lipinski definition) is 3. The highest BCUT2D eigenvalue weighted by Crippen LogP contribution is 2.35. The minimum absolute atomic E-state index is 0.0624. The van der Waals surface area contributed by atoms with Crippen molar-refractivity contribution in [2.45, 2.75) is 45.6 Å². The van der Waals surface area contributed by atoms with Crippen LogP contribution in [0, 0.1) is 0 Å². The molecule has 0 spiro atoms. The van der Waals surface area contributed by atoms with Crippen molar-refractivity contribution >= 4 is 11.9 Å². The summed E-state index contributed by atoms with van der Waals surface area (Å²) in [5, 5.41) is 5.88. The van der Waals surface area contributed by atoms with E-state index in [1.165, 1.54) is 19.2 Å². The lowest BCUT2D eigenvalue weighted by atomic mass is 10.1. The summed E-state index contributed by atoms with van der Waals surface area (Å²) in [4.78, 5) is 15.3. The number of carbonyl (C=O) groups is 1. The summed E-state index contributed by atoms with van der Waals surface area (Å²) in [6, 6.07) is 10.6. The van der Waals surface area contributed by atoms with E-state index in [1.807, 2.05) is 0 Å². The summed E-state index contributed by atoms with van der Waals surface area (Å²) < 4.78 is 46.3. The Bertz CT molecular complexity index is 951. The van der Waals surface area contributed by atoms with Crippen LogP contribution in [-0.4, -0.2) is 24.5 Å². The molecule has 1 amide bonds. The van der Waals surface area contributed by atoms with Gasteiger partial charge in [-0.15, -0.1) is 0 Å². The molecule has 2 aromatic rings. The number of halogens is 3. The van der Waals surface area contributed by atoms with Crippen molar-refractivity contribution in [3.05, 3.63) is 64.7 Å².